The van der Waals surface area contributed by atoms with Crippen molar-refractivity contribution in [3.63, 3.8) is 0 Å². The van der Waals surface area contributed by atoms with E-state index in [2.05, 4.69) is 268 Å². The molecule has 0 amide bonds. The second-order valence-electron chi connectivity index (χ2n) is 23.3. The first kappa shape index (κ1) is 50.7. The number of nitriles is 1. The summed E-state index contributed by atoms with van der Waals surface area (Å²) in [5.74, 6) is 0.109. The van der Waals surface area contributed by atoms with Gasteiger partial charge in [0.15, 0.2) is 0 Å². The standard InChI is InChI=1S/C77H61N7/c1-9-51-24-11-17-34-64(51)82(50(7)46(2)3)74-70(57-28-20-32-62-69(57)56-27-12-15-31-61(56)77(62)75-54(29-21-41-79-75)55-30-22-42-80-76(55)77)73(84-66-36-19-14-26-53(66)59-44-48(5)38-40-68(59)84)71(81(8)63-33-16-10-23-49(63)6)60(45-78)72(74)83-65-35-18-13-25-52(65)58-43-47(4)37-39-67(58)83/h9-44,46,50H,1H2,2-8H3. The van der Waals surface area contributed by atoms with Gasteiger partial charge in [0.2, 0.25) is 0 Å². The van der Waals surface area contributed by atoms with Crippen LogP contribution >= 0.6 is 0 Å². The molecule has 0 saturated carbocycles. The maximum absolute atomic E-state index is 13.0. The molecule has 4 heterocycles. The van der Waals surface area contributed by atoms with Crippen molar-refractivity contribution in [1.82, 2.24) is 19.1 Å². The van der Waals surface area contributed by atoms with Crippen LogP contribution in [0.15, 0.2) is 219 Å². The van der Waals surface area contributed by atoms with Crippen LogP contribution < -0.4 is 9.80 Å². The van der Waals surface area contributed by atoms with Crippen molar-refractivity contribution < 1.29 is 0 Å². The van der Waals surface area contributed by atoms with E-state index in [1.807, 2.05) is 30.6 Å². The maximum atomic E-state index is 13.0. The number of hydrogen-bond acceptors (Lipinski definition) is 5. The third kappa shape index (κ3) is 6.98. The smallest absolute Gasteiger partial charge is 0.107 e. The molecular formula is C77H61N7. The van der Waals surface area contributed by atoms with E-state index in [1.54, 1.807) is 0 Å². The fourth-order valence-corrected chi connectivity index (χ4v) is 14.5. The van der Waals surface area contributed by atoms with Crippen molar-refractivity contribution in [3.8, 4) is 50.8 Å². The summed E-state index contributed by atoms with van der Waals surface area (Å²) in [6, 6.07) is 75.7. The normalized spacial score (nSPS) is 13.1. The molecule has 15 rings (SSSR count). The molecule has 0 bridgehead atoms. The number of para-hydroxylation sites is 4. The van der Waals surface area contributed by atoms with Crippen molar-refractivity contribution in [2.24, 2.45) is 5.92 Å². The molecule has 0 saturated heterocycles. The number of benzene rings is 9. The lowest BCUT2D eigenvalue weighted by atomic mass is 9.74. The molecule has 0 fully saturated rings. The largest absolute Gasteiger partial charge is 0.342 e. The van der Waals surface area contributed by atoms with Crippen LogP contribution in [-0.4, -0.2) is 32.2 Å². The van der Waals surface area contributed by atoms with Crippen molar-refractivity contribution in [1.29, 1.82) is 5.26 Å². The summed E-state index contributed by atoms with van der Waals surface area (Å²) in [5.41, 5.74) is 23.9. The van der Waals surface area contributed by atoms with Gasteiger partial charge >= 0.3 is 0 Å². The first-order chi connectivity index (χ1) is 41.1. The fraction of sp³-hybridized carbons (Fsp3) is 0.130. The van der Waals surface area contributed by atoms with Crippen LogP contribution in [0.4, 0.5) is 22.7 Å². The average molecular weight is 1080 g/mol. The number of aromatic nitrogens is 4. The summed E-state index contributed by atoms with van der Waals surface area (Å²) in [7, 11) is 2.16. The van der Waals surface area contributed by atoms with Crippen molar-refractivity contribution in [2.75, 3.05) is 16.8 Å². The second kappa shape index (κ2) is 19.2. The van der Waals surface area contributed by atoms with E-state index in [1.165, 1.54) is 5.56 Å². The van der Waals surface area contributed by atoms with Crippen LogP contribution in [0.5, 0.6) is 0 Å². The highest BCUT2D eigenvalue weighted by molar-refractivity contribution is 6.17. The zero-order chi connectivity index (χ0) is 57.3. The Morgan fingerprint density at radius 1 is 0.512 bits per heavy atom. The molecule has 9 aromatic carbocycles. The summed E-state index contributed by atoms with van der Waals surface area (Å²) in [6.45, 7) is 18.0. The Bertz CT molecular complexity index is 4920. The molecule has 4 aromatic heterocycles. The molecule has 0 radical (unpaired) electrons. The molecule has 0 N–H and O–H groups in total. The van der Waals surface area contributed by atoms with Gasteiger partial charge in [0.1, 0.15) is 17.0 Å². The predicted molar refractivity (Wildman–Crippen MR) is 349 cm³/mol. The number of pyridine rings is 2. The van der Waals surface area contributed by atoms with Gasteiger partial charge in [-0.05, 0) is 133 Å². The van der Waals surface area contributed by atoms with Gasteiger partial charge in [0.05, 0.1) is 56.2 Å². The Morgan fingerprint density at radius 2 is 1.04 bits per heavy atom. The molecule has 404 valence electrons. The van der Waals surface area contributed by atoms with Gasteiger partial charge in [0.25, 0.3) is 0 Å². The summed E-state index contributed by atoms with van der Waals surface area (Å²) in [6.07, 6.45) is 5.86. The molecule has 84 heavy (non-hydrogen) atoms. The Balaban J connectivity index is 1.27. The Kier molecular flexibility index (Phi) is 11.6. The van der Waals surface area contributed by atoms with Crippen LogP contribution in [-0.2, 0) is 5.41 Å². The quantitative estimate of drug-likeness (QED) is 0.137. The van der Waals surface area contributed by atoms with Crippen molar-refractivity contribution in [3.05, 3.63) is 269 Å². The highest BCUT2D eigenvalue weighted by Gasteiger charge is 2.55. The van der Waals surface area contributed by atoms with Gasteiger partial charge in [0, 0.05) is 75.1 Å². The molecular weight excluding hydrogens is 1020 g/mol. The molecule has 2 aliphatic carbocycles. The number of nitrogens with zero attached hydrogens (tertiary/aromatic N) is 7. The lowest BCUT2D eigenvalue weighted by Crippen LogP contribution is -2.35. The van der Waals surface area contributed by atoms with Gasteiger partial charge in [-0.15, -0.1) is 0 Å². The van der Waals surface area contributed by atoms with Crippen LogP contribution in [0.1, 0.15) is 71.1 Å². The van der Waals surface area contributed by atoms with Crippen molar-refractivity contribution >= 4 is 72.4 Å². The summed E-state index contributed by atoms with van der Waals surface area (Å²) in [5, 5.41) is 17.5. The zero-order valence-corrected chi connectivity index (χ0v) is 48.3. The lowest BCUT2D eigenvalue weighted by molar-refractivity contribution is 0.518. The summed E-state index contributed by atoms with van der Waals surface area (Å²) < 4.78 is 4.91. The highest BCUT2D eigenvalue weighted by atomic mass is 15.2. The minimum absolute atomic E-state index is 0.109. The van der Waals surface area contributed by atoms with Crippen molar-refractivity contribution in [2.45, 2.75) is 53.0 Å². The Morgan fingerprint density at radius 3 is 1.65 bits per heavy atom. The molecule has 1 spiro atoms. The summed E-state index contributed by atoms with van der Waals surface area (Å²) in [4.78, 5) is 15.7. The third-order valence-electron chi connectivity index (χ3n) is 18.4. The minimum atomic E-state index is -0.860. The maximum Gasteiger partial charge on any atom is 0.107 e. The van der Waals surface area contributed by atoms with E-state index in [0.717, 1.165) is 150 Å². The lowest BCUT2D eigenvalue weighted by Gasteiger charge is -2.41. The van der Waals surface area contributed by atoms with Gasteiger partial charge in [-0.1, -0.05) is 177 Å². The van der Waals surface area contributed by atoms with Crippen LogP contribution in [0.3, 0.4) is 0 Å². The molecule has 7 nitrogen and oxygen atoms in total. The Hall–Kier alpha value is -10.3. The SMILES string of the molecule is C=Cc1ccccc1N(c1c(-c2cccc3c2-c2ccccc2C32c3ncccc3-c3cccnc32)c(-n2c3ccccc3c3cc(C)ccc32)c(N(C)c2ccccc2C)c(C#N)c1-n1c2ccccc2c2cc(C)ccc21)C(C)C(C)C. The first-order valence-corrected chi connectivity index (χ1v) is 29.2. The molecule has 2 aliphatic rings. The van der Waals surface area contributed by atoms with Gasteiger partial charge in [-0.2, -0.15) is 5.26 Å². The van der Waals surface area contributed by atoms with E-state index in [0.29, 0.717) is 5.56 Å². The number of fused-ring (bicyclic) bond motifs is 16. The van der Waals surface area contributed by atoms with Crippen LogP contribution in [0, 0.1) is 38.0 Å². The molecule has 1 atom stereocenters. The molecule has 0 aliphatic heterocycles. The van der Waals surface area contributed by atoms with E-state index >= 15 is 0 Å². The van der Waals surface area contributed by atoms with E-state index in [4.69, 9.17) is 9.97 Å². The van der Waals surface area contributed by atoms with Gasteiger partial charge < -0.3 is 18.9 Å². The highest BCUT2D eigenvalue weighted by Crippen LogP contribution is 2.65. The first-order valence-electron chi connectivity index (χ1n) is 29.2. The Labute approximate surface area is 490 Å². The molecule has 1 unspecified atom stereocenters. The topological polar surface area (TPSA) is 65.9 Å². The van der Waals surface area contributed by atoms with E-state index < -0.39 is 5.41 Å². The number of anilines is 4. The predicted octanol–water partition coefficient (Wildman–Crippen LogP) is 19.1. The third-order valence-corrected chi connectivity index (χ3v) is 18.4. The van der Waals surface area contributed by atoms with Crippen LogP contribution in [0.25, 0.3) is 94.4 Å². The number of rotatable bonds is 10. The van der Waals surface area contributed by atoms with E-state index in [9.17, 15) is 5.26 Å². The second-order valence-corrected chi connectivity index (χ2v) is 23.3. The van der Waals surface area contributed by atoms with Gasteiger partial charge in [-0.3, -0.25) is 9.97 Å². The molecule has 13 aromatic rings. The summed E-state index contributed by atoms with van der Waals surface area (Å²) >= 11 is 0. The van der Waals surface area contributed by atoms with E-state index in [-0.39, 0.29) is 12.0 Å². The van der Waals surface area contributed by atoms with Gasteiger partial charge in [-0.25, -0.2) is 0 Å². The average Bonchev–Trinajstić information content (AvgIpc) is 1.69. The van der Waals surface area contributed by atoms with Crippen LogP contribution in [0.2, 0.25) is 0 Å². The number of hydrogen-bond donors (Lipinski definition) is 0. The monoisotopic (exact) mass is 1080 g/mol. The molecule has 7 heteroatoms. The number of aryl methyl sites for hydroxylation is 3. The zero-order valence-electron chi connectivity index (χ0n) is 48.3. The fourth-order valence-electron chi connectivity index (χ4n) is 14.5. The minimum Gasteiger partial charge on any atom is -0.342 e.